The minimum absolute atomic E-state index is 0.0879. The number of unbranched alkanes of at least 4 members (excludes halogenated alkanes) is 5. The highest BCUT2D eigenvalue weighted by molar-refractivity contribution is 5.75. The fraction of sp³-hybridized carbons (Fsp3) is 0.960. The number of aliphatic hydroxyl groups is 3. The van der Waals surface area contributed by atoms with Crippen molar-refractivity contribution in [2.45, 2.75) is 110 Å². The maximum Gasteiger partial charge on any atom is 0.219 e. The lowest BCUT2D eigenvalue weighted by Gasteiger charge is -2.40. The van der Waals surface area contributed by atoms with Crippen LogP contribution in [0.25, 0.3) is 0 Å². The number of carbonyl (C=O) groups is 1. The van der Waals surface area contributed by atoms with E-state index in [9.17, 15) is 20.1 Å². The number of hydrogen-bond donors (Lipinski definition) is 4. The molecule has 1 aliphatic heterocycles. The van der Waals surface area contributed by atoms with Crippen molar-refractivity contribution in [3.63, 3.8) is 0 Å². The SMILES string of the molecule is CCC(C)C.COCCCCCCNC(=O)CCCCCO[C@@H]1OC(CO)[C@H](O)[C@H](O)C1C. The molecule has 0 bridgehead atoms. The van der Waals surface area contributed by atoms with E-state index >= 15 is 0 Å². The van der Waals surface area contributed by atoms with Gasteiger partial charge in [-0.05, 0) is 31.6 Å². The van der Waals surface area contributed by atoms with Crippen molar-refractivity contribution in [2.75, 3.05) is 33.5 Å². The first kappa shape index (κ1) is 32.2. The maximum atomic E-state index is 11.8. The van der Waals surface area contributed by atoms with Crippen LogP contribution in [0.1, 0.15) is 85.5 Å². The summed E-state index contributed by atoms with van der Waals surface area (Å²) in [6.07, 6.45) is 4.97. The molecule has 8 heteroatoms. The van der Waals surface area contributed by atoms with E-state index < -0.39 is 24.6 Å². The number of methoxy groups -OCH3 is 1. The van der Waals surface area contributed by atoms with Gasteiger partial charge in [0, 0.05) is 39.2 Å². The first-order valence-electron chi connectivity index (χ1n) is 12.8. The number of amides is 1. The van der Waals surface area contributed by atoms with E-state index in [-0.39, 0.29) is 18.4 Å². The molecule has 0 saturated carbocycles. The van der Waals surface area contributed by atoms with Gasteiger partial charge >= 0.3 is 0 Å². The number of aliphatic hydroxyl groups excluding tert-OH is 3. The van der Waals surface area contributed by atoms with Crippen LogP contribution in [0, 0.1) is 11.8 Å². The molecule has 1 rings (SSSR count). The number of rotatable bonds is 16. The van der Waals surface area contributed by atoms with E-state index in [0.29, 0.717) is 13.0 Å². The zero-order chi connectivity index (χ0) is 25.1. The van der Waals surface area contributed by atoms with Crippen LogP contribution in [0.15, 0.2) is 0 Å². The summed E-state index contributed by atoms with van der Waals surface area (Å²) in [6.45, 7) is 9.99. The fourth-order valence-electron chi connectivity index (χ4n) is 3.22. The molecule has 1 saturated heterocycles. The summed E-state index contributed by atoms with van der Waals surface area (Å²) < 4.78 is 16.2. The maximum absolute atomic E-state index is 11.8. The molecule has 1 aliphatic rings. The highest BCUT2D eigenvalue weighted by Crippen LogP contribution is 2.26. The molecule has 0 aromatic rings. The van der Waals surface area contributed by atoms with Gasteiger partial charge in [-0.3, -0.25) is 4.79 Å². The van der Waals surface area contributed by atoms with Crippen LogP contribution in [0.4, 0.5) is 0 Å². The first-order chi connectivity index (χ1) is 15.8. The van der Waals surface area contributed by atoms with Crippen molar-refractivity contribution in [3.05, 3.63) is 0 Å². The van der Waals surface area contributed by atoms with Crippen molar-refractivity contribution >= 4 is 5.91 Å². The van der Waals surface area contributed by atoms with Crippen LogP contribution in [-0.4, -0.2) is 79.3 Å². The Morgan fingerprint density at radius 2 is 1.61 bits per heavy atom. The Labute approximate surface area is 201 Å². The molecule has 1 amide bonds. The molecule has 0 aromatic carbocycles. The molecule has 8 nitrogen and oxygen atoms in total. The summed E-state index contributed by atoms with van der Waals surface area (Å²) in [7, 11) is 1.71. The lowest BCUT2D eigenvalue weighted by Crippen LogP contribution is -2.55. The van der Waals surface area contributed by atoms with Crippen molar-refractivity contribution in [1.82, 2.24) is 5.32 Å². The van der Waals surface area contributed by atoms with E-state index in [2.05, 4.69) is 26.1 Å². The summed E-state index contributed by atoms with van der Waals surface area (Å²) in [5, 5.41) is 32.0. The van der Waals surface area contributed by atoms with E-state index in [1.54, 1.807) is 14.0 Å². The summed E-state index contributed by atoms with van der Waals surface area (Å²) in [4.78, 5) is 11.8. The Morgan fingerprint density at radius 3 is 2.21 bits per heavy atom. The van der Waals surface area contributed by atoms with Crippen molar-refractivity contribution < 1.29 is 34.3 Å². The summed E-state index contributed by atoms with van der Waals surface area (Å²) in [6, 6.07) is 0. The highest BCUT2D eigenvalue weighted by Gasteiger charge is 2.42. The molecular weight excluding hydrogens is 426 g/mol. The first-order valence-corrected chi connectivity index (χ1v) is 12.8. The Kier molecular flexibility index (Phi) is 20.1. The fourth-order valence-corrected chi connectivity index (χ4v) is 3.22. The largest absolute Gasteiger partial charge is 0.394 e. The highest BCUT2D eigenvalue weighted by atomic mass is 16.7. The third kappa shape index (κ3) is 15.7. The van der Waals surface area contributed by atoms with Crippen LogP contribution in [-0.2, 0) is 19.0 Å². The second-order valence-electron chi connectivity index (χ2n) is 9.31. The molecule has 33 heavy (non-hydrogen) atoms. The van der Waals surface area contributed by atoms with Crippen molar-refractivity contribution in [1.29, 1.82) is 0 Å². The molecule has 0 aliphatic carbocycles. The molecule has 0 radical (unpaired) electrons. The molecule has 1 heterocycles. The second-order valence-corrected chi connectivity index (χ2v) is 9.31. The summed E-state index contributed by atoms with van der Waals surface area (Å²) in [5.41, 5.74) is 0. The minimum Gasteiger partial charge on any atom is -0.394 e. The number of ether oxygens (including phenoxy) is 3. The monoisotopic (exact) mass is 477 g/mol. The van der Waals surface area contributed by atoms with Gasteiger partial charge in [-0.2, -0.15) is 0 Å². The smallest absolute Gasteiger partial charge is 0.219 e. The number of nitrogens with one attached hydrogen (secondary N) is 1. The van der Waals surface area contributed by atoms with Gasteiger partial charge in [0.15, 0.2) is 6.29 Å². The molecule has 5 atom stereocenters. The van der Waals surface area contributed by atoms with Gasteiger partial charge in [0.2, 0.25) is 5.91 Å². The van der Waals surface area contributed by atoms with E-state index in [1.807, 2.05) is 0 Å². The average molecular weight is 478 g/mol. The van der Waals surface area contributed by atoms with Gasteiger partial charge in [-0.25, -0.2) is 0 Å². The van der Waals surface area contributed by atoms with Gasteiger partial charge in [0.25, 0.3) is 0 Å². The number of hydrogen-bond acceptors (Lipinski definition) is 7. The van der Waals surface area contributed by atoms with Crippen molar-refractivity contribution in [2.24, 2.45) is 11.8 Å². The Balaban J connectivity index is 0.00000184. The van der Waals surface area contributed by atoms with Gasteiger partial charge in [-0.1, -0.05) is 53.4 Å². The Morgan fingerprint density at radius 1 is 1.00 bits per heavy atom. The quantitative estimate of drug-likeness (QED) is 0.252. The van der Waals surface area contributed by atoms with Gasteiger partial charge < -0.3 is 34.8 Å². The lowest BCUT2D eigenvalue weighted by molar-refractivity contribution is -0.282. The molecule has 1 fully saturated rings. The van der Waals surface area contributed by atoms with Crippen molar-refractivity contribution in [3.8, 4) is 0 Å². The van der Waals surface area contributed by atoms with Crippen LogP contribution < -0.4 is 5.32 Å². The molecule has 4 N–H and O–H groups in total. The topological polar surface area (TPSA) is 117 Å². The third-order valence-electron chi connectivity index (χ3n) is 5.93. The van der Waals surface area contributed by atoms with E-state index in [1.165, 1.54) is 6.42 Å². The minimum atomic E-state index is -1.11. The summed E-state index contributed by atoms with van der Waals surface area (Å²) in [5.74, 6) is 0.595. The Bertz CT molecular complexity index is 462. The van der Waals surface area contributed by atoms with Crippen LogP contribution in [0.2, 0.25) is 0 Å². The van der Waals surface area contributed by atoms with E-state index in [4.69, 9.17) is 14.2 Å². The molecule has 0 aromatic heterocycles. The van der Waals surface area contributed by atoms with Gasteiger partial charge in [-0.15, -0.1) is 0 Å². The normalized spacial score (nSPS) is 24.9. The third-order valence-corrected chi connectivity index (χ3v) is 5.93. The zero-order valence-corrected chi connectivity index (χ0v) is 21.6. The lowest BCUT2D eigenvalue weighted by atomic mass is 9.92. The van der Waals surface area contributed by atoms with Crippen LogP contribution >= 0.6 is 0 Å². The number of carbonyl (C=O) groups excluding carboxylic acids is 1. The predicted molar refractivity (Wildman–Crippen MR) is 130 cm³/mol. The standard InChI is InChI=1S/C20H39NO7.C5H12/c1-15-18(24)19(25)16(14-22)28-20(15)27-13-9-5-6-10-17(23)21-11-7-3-4-8-12-26-2;1-4-5(2)3/h15-16,18-20,22,24-25H,3-14H2,1-2H3,(H,21,23);5H,4H2,1-3H3/t15?,16?,18-,19+,20-;/m1./s1. The van der Waals surface area contributed by atoms with Crippen LogP contribution in [0.5, 0.6) is 0 Å². The average Bonchev–Trinajstić information content (AvgIpc) is 2.80. The molecule has 2 unspecified atom stereocenters. The molecule has 0 spiro atoms. The van der Waals surface area contributed by atoms with Gasteiger partial charge in [0.05, 0.1) is 12.7 Å². The Hall–Kier alpha value is -0.770. The second kappa shape index (κ2) is 20.6. The van der Waals surface area contributed by atoms with Crippen LogP contribution in [0.3, 0.4) is 0 Å². The zero-order valence-electron chi connectivity index (χ0n) is 21.6. The molecular formula is C25H51NO7. The summed E-state index contributed by atoms with van der Waals surface area (Å²) >= 11 is 0. The van der Waals surface area contributed by atoms with Gasteiger partial charge in [0.1, 0.15) is 12.2 Å². The molecule has 198 valence electrons. The predicted octanol–water partition coefficient (Wildman–Crippen LogP) is 3.01. The van der Waals surface area contributed by atoms with E-state index in [0.717, 1.165) is 64.0 Å².